The number of hydrogen-bond acceptors (Lipinski definition) is 3. The molecule has 0 atom stereocenters. The van der Waals surface area contributed by atoms with E-state index < -0.39 is 0 Å². The molecule has 0 unspecified atom stereocenters. The molecule has 0 aliphatic heterocycles. The van der Waals surface area contributed by atoms with Crippen LogP contribution in [-0.4, -0.2) is 32.2 Å². The maximum absolute atomic E-state index is 11.2. The summed E-state index contributed by atoms with van der Waals surface area (Å²) < 4.78 is 5.22. The summed E-state index contributed by atoms with van der Waals surface area (Å²) in [5, 5.41) is 2.79. The third kappa shape index (κ3) is 13.7. The highest BCUT2D eigenvalue weighted by Crippen LogP contribution is 1.93. The Hall–Kier alpha value is -0.320. The first-order valence-corrected chi connectivity index (χ1v) is 5.85. The van der Waals surface area contributed by atoms with E-state index in [1.54, 1.807) is 0 Å². The third-order valence-corrected chi connectivity index (χ3v) is 2.08. The van der Waals surface area contributed by atoms with Crippen molar-refractivity contribution in [3.8, 4) is 0 Å². The van der Waals surface area contributed by atoms with Crippen molar-refractivity contribution in [3.63, 3.8) is 0 Å². The van der Waals surface area contributed by atoms with Crippen molar-refractivity contribution in [2.75, 3.05) is 26.3 Å². The number of carbonyl (C=O) groups is 1. The van der Waals surface area contributed by atoms with Crippen LogP contribution in [0.3, 0.4) is 0 Å². The Bertz CT molecular complexity index is 157. The minimum atomic E-state index is -0.0245. The molecular weight excluding hydrogens is 228 g/mol. The Labute approximate surface area is 105 Å². The van der Waals surface area contributed by atoms with Gasteiger partial charge in [-0.2, -0.15) is 0 Å². The fraction of sp³-hybridized carbons (Fsp3) is 0.909. The van der Waals surface area contributed by atoms with Gasteiger partial charge in [0.2, 0.25) is 5.91 Å². The number of rotatable bonds is 10. The van der Waals surface area contributed by atoms with E-state index >= 15 is 0 Å². The molecule has 0 bridgehead atoms. The van der Waals surface area contributed by atoms with Gasteiger partial charge in [0, 0.05) is 13.2 Å². The summed E-state index contributed by atoms with van der Waals surface area (Å²) in [4.78, 5) is 11.2. The lowest BCUT2D eigenvalue weighted by molar-refractivity contribution is -0.125. The first-order valence-electron chi connectivity index (χ1n) is 5.85. The average molecular weight is 253 g/mol. The molecule has 5 heteroatoms. The second-order valence-electron chi connectivity index (χ2n) is 3.61. The van der Waals surface area contributed by atoms with E-state index in [4.69, 9.17) is 10.5 Å². The van der Waals surface area contributed by atoms with Gasteiger partial charge in [0.15, 0.2) is 0 Å². The summed E-state index contributed by atoms with van der Waals surface area (Å²) in [6.07, 6.45) is 5.28. The van der Waals surface area contributed by atoms with Crippen molar-refractivity contribution >= 4 is 18.3 Å². The molecule has 16 heavy (non-hydrogen) atoms. The predicted octanol–water partition coefficient (Wildman–Crippen LogP) is 1.47. The van der Waals surface area contributed by atoms with Gasteiger partial charge in [-0.25, -0.2) is 0 Å². The van der Waals surface area contributed by atoms with Crippen molar-refractivity contribution in [1.82, 2.24) is 5.32 Å². The van der Waals surface area contributed by atoms with Crippen molar-refractivity contribution in [1.29, 1.82) is 0 Å². The number of amides is 1. The molecule has 0 aliphatic carbocycles. The number of halogens is 1. The maximum atomic E-state index is 11.2. The van der Waals surface area contributed by atoms with Crippen LogP contribution in [0.15, 0.2) is 0 Å². The number of carbonyl (C=O) groups excluding carboxylic acids is 1. The quantitative estimate of drug-likeness (QED) is 0.579. The molecule has 0 radical (unpaired) electrons. The SMILES string of the molecule is CCCCCOCC(=O)NCCCCN.Cl. The van der Waals surface area contributed by atoms with Crippen LogP contribution in [0, 0.1) is 0 Å². The topological polar surface area (TPSA) is 64.3 Å². The standard InChI is InChI=1S/C11H24N2O2.ClH/c1-2-3-6-9-15-10-11(14)13-8-5-4-7-12;/h2-10,12H2,1H3,(H,13,14);1H. The highest BCUT2D eigenvalue weighted by Gasteiger charge is 1.99. The lowest BCUT2D eigenvalue weighted by Gasteiger charge is -2.05. The van der Waals surface area contributed by atoms with E-state index in [9.17, 15) is 4.79 Å². The van der Waals surface area contributed by atoms with Gasteiger partial charge in [-0.05, 0) is 25.8 Å². The second kappa shape index (κ2) is 14.7. The van der Waals surface area contributed by atoms with E-state index in [0.717, 1.165) is 25.7 Å². The number of unbranched alkanes of at least 4 members (excludes halogenated alkanes) is 3. The molecule has 98 valence electrons. The highest BCUT2D eigenvalue weighted by atomic mass is 35.5. The summed E-state index contributed by atoms with van der Waals surface area (Å²) in [7, 11) is 0. The number of hydrogen-bond donors (Lipinski definition) is 2. The summed E-state index contributed by atoms with van der Waals surface area (Å²) in [5.74, 6) is -0.0245. The van der Waals surface area contributed by atoms with Crippen LogP contribution in [-0.2, 0) is 9.53 Å². The van der Waals surface area contributed by atoms with Crippen molar-refractivity contribution in [2.24, 2.45) is 5.73 Å². The zero-order valence-corrected chi connectivity index (χ0v) is 11.0. The molecule has 0 saturated carbocycles. The fourth-order valence-corrected chi connectivity index (χ4v) is 1.17. The largest absolute Gasteiger partial charge is 0.372 e. The summed E-state index contributed by atoms with van der Waals surface area (Å²) >= 11 is 0. The van der Waals surface area contributed by atoms with Crippen molar-refractivity contribution in [2.45, 2.75) is 39.0 Å². The van der Waals surface area contributed by atoms with E-state index in [-0.39, 0.29) is 24.9 Å². The van der Waals surface area contributed by atoms with Crippen molar-refractivity contribution < 1.29 is 9.53 Å². The molecule has 0 fully saturated rings. The van der Waals surface area contributed by atoms with Gasteiger partial charge >= 0.3 is 0 Å². The van der Waals surface area contributed by atoms with E-state index in [2.05, 4.69) is 12.2 Å². The van der Waals surface area contributed by atoms with Crippen molar-refractivity contribution in [3.05, 3.63) is 0 Å². The fourth-order valence-electron chi connectivity index (χ4n) is 1.17. The van der Waals surface area contributed by atoms with Gasteiger partial charge < -0.3 is 15.8 Å². The number of ether oxygens (including phenoxy) is 1. The summed E-state index contributed by atoms with van der Waals surface area (Å²) in [6, 6.07) is 0. The molecule has 4 nitrogen and oxygen atoms in total. The second-order valence-corrected chi connectivity index (χ2v) is 3.61. The Kier molecular flexibility index (Phi) is 16.6. The Balaban J connectivity index is 0. The molecular formula is C11H25ClN2O2. The van der Waals surface area contributed by atoms with Crippen LogP contribution in [0.5, 0.6) is 0 Å². The monoisotopic (exact) mass is 252 g/mol. The van der Waals surface area contributed by atoms with E-state index in [0.29, 0.717) is 19.7 Å². The van der Waals surface area contributed by atoms with Crippen LogP contribution in [0.2, 0.25) is 0 Å². The predicted molar refractivity (Wildman–Crippen MR) is 68.9 cm³/mol. The number of nitrogens with two attached hydrogens (primary N) is 1. The van der Waals surface area contributed by atoms with E-state index in [1.165, 1.54) is 6.42 Å². The first-order chi connectivity index (χ1) is 7.31. The molecule has 3 N–H and O–H groups in total. The minimum Gasteiger partial charge on any atom is -0.372 e. The Morgan fingerprint density at radius 2 is 2.00 bits per heavy atom. The molecule has 0 spiro atoms. The minimum absolute atomic E-state index is 0. The average Bonchev–Trinajstić information content (AvgIpc) is 2.24. The van der Waals surface area contributed by atoms with Gasteiger partial charge in [0.1, 0.15) is 6.61 Å². The molecule has 1 amide bonds. The Morgan fingerprint density at radius 3 is 2.62 bits per heavy atom. The zero-order valence-electron chi connectivity index (χ0n) is 10.2. The lowest BCUT2D eigenvalue weighted by atomic mass is 10.3. The smallest absolute Gasteiger partial charge is 0.245 e. The van der Waals surface area contributed by atoms with Crippen LogP contribution in [0.1, 0.15) is 39.0 Å². The van der Waals surface area contributed by atoms with Gasteiger partial charge in [-0.1, -0.05) is 19.8 Å². The van der Waals surface area contributed by atoms with Crippen LogP contribution in [0.4, 0.5) is 0 Å². The molecule has 0 aliphatic rings. The molecule has 0 saturated heterocycles. The molecule has 0 aromatic heterocycles. The Morgan fingerprint density at radius 1 is 1.25 bits per heavy atom. The third-order valence-electron chi connectivity index (χ3n) is 2.08. The molecule has 0 heterocycles. The highest BCUT2D eigenvalue weighted by molar-refractivity contribution is 5.85. The molecule has 0 rings (SSSR count). The number of nitrogens with one attached hydrogen (secondary N) is 1. The van der Waals surface area contributed by atoms with Gasteiger partial charge in [0.25, 0.3) is 0 Å². The van der Waals surface area contributed by atoms with Crippen LogP contribution in [0.25, 0.3) is 0 Å². The van der Waals surface area contributed by atoms with Crippen LogP contribution >= 0.6 is 12.4 Å². The summed E-state index contributed by atoms with van der Waals surface area (Å²) in [5.41, 5.74) is 5.33. The normalized spacial score (nSPS) is 9.62. The lowest BCUT2D eigenvalue weighted by Crippen LogP contribution is -2.28. The van der Waals surface area contributed by atoms with E-state index in [1.807, 2.05) is 0 Å². The maximum Gasteiger partial charge on any atom is 0.245 e. The first kappa shape index (κ1) is 18.1. The van der Waals surface area contributed by atoms with Gasteiger partial charge in [-0.15, -0.1) is 12.4 Å². The molecule has 0 aromatic rings. The molecule has 0 aromatic carbocycles. The summed E-state index contributed by atoms with van der Waals surface area (Å²) in [6.45, 7) is 4.40. The van der Waals surface area contributed by atoms with Gasteiger partial charge in [-0.3, -0.25) is 4.79 Å². The van der Waals surface area contributed by atoms with Gasteiger partial charge in [0.05, 0.1) is 0 Å². The van der Waals surface area contributed by atoms with Crippen LogP contribution < -0.4 is 11.1 Å². The zero-order chi connectivity index (χ0) is 11.4.